The quantitative estimate of drug-likeness (QED) is 0.0513. The second kappa shape index (κ2) is 24.7. The van der Waals surface area contributed by atoms with Crippen LogP contribution in [0.3, 0.4) is 0 Å². The van der Waals surface area contributed by atoms with Crippen molar-refractivity contribution in [3.05, 3.63) is 78.0 Å². The van der Waals surface area contributed by atoms with Gasteiger partial charge in [-0.15, -0.1) is 0 Å². The van der Waals surface area contributed by atoms with Crippen LogP contribution in [0.1, 0.15) is 151 Å². The molecule has 278 valence electrons. The Morgan fingerprint density at radius 3 is 1.69 bits per heavy atom. The van der Waals surface area contributed by atoms with Gasteiger partial charge in [-0.3, -0.25) is 10.1 Å². The first-order chi connectivity index (χ1) is 24.9. The summed E-state index contributed by atoms with van der Waals surface area (Å²) in [7, 11) is 0. The second-order valence-corrected chi connectivity index (χ2v) is 13.2. The molecule has 1 atom stereocenters. The number of carbonyl (C=O) groups excluding carboxylic acids is 3. The number of aromatic nitrogens is 1. The minimum absolute atomic E-state index is 0.201. The molecule has 2 aromatic carbocycles. The van der Waals surface area contributed by atoms with Crippen molar-refractivity contribution in [1.29, 1.82) is 0 Å². The van der Waals surface area contributed by atoms with Crippen LogP contribution in [0, 0.1) is 0 Å². The van der Waals surface area contributed by atoms with Gasteiger partial charge in [-0.1, -0.05) is 110 Å². The average molecular weight is 702 g/mol. The van der Waals surface area contributed by atoms with Gasteiger partial charge >= 0.3 is 12.1 Å². The molecule has 1 unspecified atom stereocenters. The maximum Gasteiger partial charge on any atom is 0.413 e. The number of benzene rings is 2. The summed E-state index contributed by atoms with van der Waals surface area (Å²) in [4.78, 5) is 41.4. The van der Waals surface area contributed by atoms with E-state index >= 15 is 0 Å². The van der Waals surface area contributed by atoms with Crippen LogP contribution in [0.5, 0.6) is 11.5 Å². The Morgan fingerprint density at radius 2 is 1.16 bits per heavy atom. The van der Waals surface area contributed by atoms with Crippen molar-refractivity contribution in [2.75, 3.05) is 17.2 Å². The van der Waals surface area contributed by atoms with Gasteiger partial charge in [0.15, 0.2) is 0 Å². The Hall–Kier alpha value is -4.40. The minimum atomic E-state index is -0.587. The van der Waals surface area contributed by atoms with Crippen LogP contribution in [0.25, 0.3) is 0 Å². The molecule has 3 rings (SSSR count). The summed E-state index contributed by atoms with van der Waals surface area (Å²) in [6.07, 6.45) is 22.8. The summed E-state index contributed by atoms with van der Waals surface area (Å²) in [5.74, 6) is 0.501. The molecule has 0 aliphatic carbocycles. The van der Waals surface area contributed by atoms with Gasteiger partial charge in [0.1, 0.15) is 23.4 Å². The fourth-order valence-corrected chi connectivity index (χ4v) is 5.51. The highest BCUT2D eigenvalue weighted by molar-refractivity contribution is 6.04. The molecule has 0 saturated carbocycles. The molecule has 0 radical (unpaired) electrons. The zero-order chi connectivity index (χ0) is 36.5. The van der Waals surface area contributed by atoms with Crippen LogP contribution in [0.4, 0.5) is 16.3 Å². The van der Waals surface area contributed by atoms with Crippen LogP contribution in [-0.4, -0.2) is 35.7 Å². The molecular formula is C42H59N3O6. The summed E-state index contributed by atoms with van der Waals surface area (Å²) in [6, 6.07) is 16.4. The Labute approximate surface area is 305 Å². The van der Waals surface area contributed by atoms with Crippen molar-refractivity contribution in [3.8, 4) is 11.5 Å². The molecule has 51 heavy (non-hydrogen) atoms. The van der Waals surface area contributed by atoms with Crippen LogP contribution >= 0.6 is 0 Å². The van der Waals surface area contributed by atoms with Crippen molar-refractivity contribution in [2.24, 2.45) is 0 Å². The largest absolute Gasteiger partial charge is 0.494 e. The van der Waals surface area contributed by atoms with Crippen molar-refractivity contribution in [1.82, 2.24) is 4.98 Å². The molecule has 0 aliphatic rings. The van der Waals surface area contributed by atoms with E-state index in [9.17, 15) is 14.4 Å². The normalized spacial score (nSPS) is 11.4. The average Bonchev–Trinajstić information content (AvgIpc) is 3.14. The Kier molecular flexibility index (Phi) is 19.9. The fourth-order valence-electron chi connectivity index (χ4n) is 5.51. The zero-order valence-electron chi connectivity index (χ0n) is 31.1. The molecule has 2 amide bonds. The SMILES string of the molecule is CCCCCCCCCCCCCCCCCCOc1ccc(C(=O)Oc2ccc(C(=O)Nc3ccc(NC(=O)OC(C)CC)nc3)cc2)cc1. The van der Waals surface area contributed by atoms with Crippen molar-refractivity contribution in [3.63, 3.8) is 0 Å². The van der Waals surface area contributed by atoms with E-state index in [4.69, 9.17) is 14.2 Å². The molecule has 9 heteroatoms. The van der Waals surface area contributed by atoms with Gasteiger partial charge in [0.25, 0.3) is 5.91 Å². The van der Waals surface area contributed by atoms with E-state index < -0.39 is 12.1 Å². The first kappa shape index (κ1) is 41.0. The summed E-state index contributed by atoms with van der Waals surface area (Å²) in [5.41, 5.74) is 1.24. The topological polar surface area (TPSA) is 116 Å². The fraction of sp³-hybridized carbons (Fsp3) is 0.524. The number of ether oxygens (including phenoxy) is 3. The molecule has 0 spiro atoms. The van der Waals surface area contributed by atoms with E-state index in [2.05, 4.69) is 22.5 Å². The number of pyridine rings is 1. The van der Waals surface area contributed by atoms with E-state index in [0.717, 1.165) is 12.2 Å². The number of nitrogens with one attached hydrogen (secondary N) is 2. The van der Waals surface area contributed by atoms with Gasteiger partial charge in [0.2, 0.25) is 0 Å². The minimum Gasteiger partial charge on any atom is -0.494 e. The monoisotopic (exact) mass is 701 g/mol. The number of carbonyl (C=O) groups is 3. The number of unbranched alkanes of at least 4 members (excludes halogenated alkanes) is 15. The van der Waals surface area contributed by atoms with E-state index in [1.165, 1.54) is 103 Å². The molecule has 9 nitrogen and oxygen atoms in total. The van der Waals surface area contributed by atoms with Crippen molar-refractivity contribution in [2.45, 2.75) is 136 Å². The third-order valence-corrected chi connectivity index (χ3v) is 8.82. The number of anilines is 2. The summed E-state index contributed by atoms with van der Waals surface area (Å²) in [5, 5.41) is 5.30. The van der Waals surface area contributed by atoms with E-state index in [-0.39, 0.29) is 12.0 Å². The van der Waals surface area contributed by atoms with Gasteiger partial charge in [-0.05, 0) is 80.4 Å². The van der Waals surface area contributed by atoms with E-state index in [1.54, 1.807) is 67.6 Å². The van der Waals surface area contributed by atoms with Crippen molar-refractivity contribution < 1.29 is 28.6 Å². The maximum absolute atomic E-state index is 12.7. The highest BCUT2D eigenvalue weighted by Gasteiger charge is 2.12. The number of esters is 1. The number of nitrogens with zero attached hydrogens (tertiary/aromatic N) is 1. The lowest BCUT2D eigenvalue weighted by Gasteiger charge is -2.11. The molecule has 1 aromatic heterocycles. The Bertz CT molecular complexity index is 1410. The molecule has 2 N–H and O–H groups in total. The van der Waals surface area contributed by atoms with Crippen LogP contribution < -0.4 is 20.1 Å². The number of amides is 2. The summed E-state index contributed by atoms with van der Waals surface area (Å²) in [6.45, 7) is 6.66. The number of rotatable bonds is 25. The molecule has 0 bridgehead atoms. The van der Waals surface area contributed by atoms with E-state index in [1.807, 2.05) is 6.92 Å². The summed E-state index contributed by atoms with van der Waals surface area (Å²) < 4.78 is 16.5. The smallest absolute Gasteiger partial charge is 0.413 e. The highest BCUT2D eigenvalue weighted by Crippen LogP contribution is 2.19. The Balaban J connectivity index is 1.25. The van der Waals surface area contributed by atoms with Gasteiger partial charge in [-0.25, -0.2) is 14.6 Å². The van der Waals surface area contributed by atoms with Gasteiger partial charge in [0.05, 0.1) is 24.1 Å². The third kappa shape index (κ3) is 17.4. The molecular weight excluding hydrogens is 642 g/mol. The van der Waals surface area contributed by atoms with E-state index in [0.29, 0.717) is 41.4 Å². The number of hydrogen-bond donors (Lipinski definition) is 2. The predicted molar refractivity (Wildman–Crippen MR) is 205 cm³/mol. The van der Waals surface area contributed by atoms with Gasteiger partial charge < -0.3 is 19.5 Å². The second-order valence-electron chi connectivity index (χ2n) is 13.2. The lowest BCUT2D eigenvalue weighted by Crippen LogP contribution is -2.20. The molecule has 0 fully saturated rings. The zero-order valence-corrected chi connectivity index (χ0v) is 31.1. The molecule has 1 heterocycles. The van der Waals surface area contributed by atoms with Crippen LogP contribution in [-0.2, 0) is 4.74 Å². The van der Waals surface area contributed by atoms with Crippen LogP contribution in [0.15, 0.2) is 66.9 Å². The van der Waals surface area contributed by atoms with Gasteiger partial charge in [-0.2, -0.15) is 0 Å². The standard InChI is InChI=1S/C42H59N3O6/c1-4-6-7-8-9-10-11-12-13-14-15-16-17-18-19-20-31-49-37-26-23-35(24-27-37)41(47)51-38-28-21-34(22-29-38)40(46)44-36-25-30-39(43-32-36)45-42(48)50-33(3)5-2/h21-30,32-33H,4-20,31H2,1-3H3,(H,44,46)(H,43,45,48). The third-order valence-electron chi connectivity index (χ3n) is 8.82. The molecule has 3 aromatic rings. The molecule has 0 saturated heterocycles. The predicted octanol–water partition coefficient (Wildman–Crippen LogP) is 11.5. The highest BCUT2D eigenvalue weighted by atomic mass is 16.6. The van der Waals surface area contributed by atoms with Crippen LogP contribution in [0.2, 0.25) is 0 Å². The first-order valence-corrected chi connectivity index (χ1v) is 19.2. The lowest BCUT2D eigenvalue weighted by molar-refractivity contribution is 0.0734. The lowest BCUT2D eigenvalue weighted by atomic mass is 10.0. The maximum atomic E-state index is 12.7. The summed E-state index contributed by atoms with van der Waals surface area (Å²) >= 11 is 0. The first-order valence-electron chi connectivity index (χ1n) is 19.2. The Morgan fingerprint density at radius 1 is 0.627 bits per heavy atom. The number of hydrogen-bond acceptors (Lipinski definition) is 7. The molecule has 0 aliphatic heterocycles. The van der Waals surface area contributed by atoms with Crippen molar-refractivity contribution >= 4 is 29.5 Å². The van der Waals surface area contributed by atoms with Gasteiger partial charge in [0, 0.05) is 5.56 Å².